The van der Waals surface area contributed by atoms with Crippen LogP contribution in [0.15, 0.2) is 41.1 Å². The van der Waals surface area contributed by atoms with Gasteiger partial charge in [0, 0.05) is 23.2 Å². The second-order valence-corrected chi connectivity index (χ2v) is 9.43. The largest absolute Gasteiger partial charge is 0.445 e. The van der Waals surface area contributed by atoms with Gasteiger partial charge in [0.15, 0.2) is 0 Å². The Balaban J connectivity index is 1.51. The minimum atomic E-state index is -3.27. The van der Waals surface area contributed by atoms with E-state index in [2.05, 4.69) is 15.0 Å². The number of sulfonamides is 1. The van der Waals surface area contributed by atoms with Gasteiger partial charge < -0.3 is 9.73 Å². The van der Waals surface area contributed by atoms with E-state index >= 15 is 0 Å². The number of nitrogens with one attached hydrogen (secondary N) is 2. The molecule has 146 valence electrons. The lowest BCUT2D eigenvalue weighted by molar-refractivity contribution is -0.120. The second kappa shape index (κ2) is 8.22. The maximum atomic E-state index is 12.5. The molecule has 2 aromatic rings. The van der Waals surface area contributed by atoms with E-state index in [1.165, 1.54) is 6.26 Å². The van der Waals surface area contributed by atoms with Crippen molar-refractivity contribution in [2.45, 2.75) is 50.8 Å². The van der Waals surface area contributed by atoms with Crippen LogP contribution in [-0.4, -0.2) is 30.6 Å². The van der Waals surface area contributed by atoms with Crippen molar-refractivity contribution in [2.24, 2.45) is 5.92 Å². The van der Waals surface area contributed by atoms with Gasteiger partial charge in [0.25, 0.3) is 0 Å². The van der Waals surface area contributed by atoms with Gasteiger partial charge in [-0.15, -0.1) is 0 Å². The number of carbonyl (C=O) groups is 1. The van der Waals surface area contributed by atoms with Gasteiger partial charge >= 0.3 is 0 Å². The first kappa shape index (κ1) is 19.6. The Labute approximate surface area is 159 Å². The number of anilines is 1. The van der Waals surface area contributed by atoms with Gasteiger partial charge in [0.2, 0.25) is 21.8 Å². The summed E-state index contributed by atoms with van der Waals surface area (Å²) in [6.07, 6.45) is 5.79. The summed E-state index contributed by atoms with van der Waals surface area (Å²) in [5.41, 5.74) is 1.56. The van der Waals surface area contributed by atoms with Gasteiger partial charge in [-0.2, -0.15) is 0 Å². The minimum Gasteiger partial charge on any atom is -0.445 e. The molecule has 0 radical (unpaired) electrons. The molecule has 0 atom stereocenters. The van der Waals surface area contributed by atoms with E-state index in [1.54, 1.807) is 20.0 Å². The van der Waals surface area contributed by atoms with E-state index in [0.717, 1.165) is 11.3 Å². The predicted octanol–water partition coefficient (Wildman–Crippen LogP) is 3.17. The Kier molecular flexibility index (Phi) is 5.96. The zero-order valence-electron chi connectivity index (χ0n) is 15.5. The van der Waals surface area contributed by atoms with Crippen molar-refractivity contribution in [3.63, 3.8) is 0 Å². The van der Waals surface area contributed by atoms with Crippen LogP contribution < -0.4 is 10.0 Å². The highest BCUT2D eigenvalue weighted by molar-refractivity contribution is 7.90. The van der Waals surface area contributed by atoms with Crippen molar-refractivity contribution >= 4 is 21.6 Å². The Bertz CT molecular complexity index is 853. The highest BCUT2D eigenvalue weighted by Gasteiger charge is 2.29. The number of carbonyl (C=O) groups excluding carboxylic acids is 1. The van der Waals surface area contributed by atoms with Crippen molar-refractivity contribution in [3.8, 4) is 11.5 Å². The summed E-state index contributed by atoms with van der Waals surface area (Å²) in [6.45, 7) is 3.32. The smallest absolute Gasteiger partial charge is 0.227 e. The first-order chi connectivity index (χ1) is 12.8. The van der Waals surface area contributed by atoms with Crippen molar-refractivity contribution in [1.29, 1.82) is 0 Å². The van der Waals surface area contributed by atoms with E-state index < -0.39 is 15.3 Å². The van der Waals surface area contributed by atoms with Crippen LogP contribution in [0.25, 0.3) is 11.5 Å². The van der Waals surface area contributed by atoms with E-state index in [4.69, 9.17) is 4.42 Å². The molecule has 7 nitrogen and oxygen atoms in total. The Morgan fingerprint density at radius 1 is 1.15 bits per heavy atom. The number of oxazole rings is 1. The third-order valence-corrected chi connectivity index (χ3v) is 6.78. The topological polar surface area (TPSA) is 101 Å². The average Bonchev–Trinajstić information content (AvgIpc) is 3.17. The molecule has 0 unspecified atom stereocenters. The molecule has 27 heavy (non-hydrogen) atoms. The zero-order chi connectivity index (χ0) is 19.4. The number of hydrogen-bond acceptors (Lipinski definition) is 5. The number of aromatic nitrogens is 1. The van der Waals surface area contributed by atoms with Gasteiger partial charge in [-0.05, 0) is 63.8 Å². The molecule has 1 amide bonds. The number of amides is 1. The number of nitrogens with zero attached hydrogens (tertiary/aromatic N) is 1. The van der Waals surface area contributed by atoms with Crippen LogP contribution in [0.5, 0.6) is 0 Å². The van der Waals surface area contributed by atoms with Crippen LogP contribution in [0.4, 0.5) is 5.69 Å². The quantitative estimate of drug-likeness (QED) is 0.788. The number of rotatable bonds is 6. The Hall–Kier alpha value is -2.19. The normalized spacial score (nSPS) is 20.6. The zero-order valence-corrected chi connectivity index (χ0v) is 16.3. The van der Waals surface area contributed by atoms with Crippen molar-refractivity contribution in [2.75, 3.05) is 5.32 Å². The molecule has 1 aliphatic rings. The molecular weight excluding hydrogens is 366 g/mol. The van der Waals surface area contributed by atoms with Crippen molar-refractivity contribution < 1.29 is 17.6 Å². The van der Waals surface area contributed by atoms with Gasteiger partial charge in [0.05, 0.1) is 11.4 Å². The highest BCUT2D eigenvalue weighted by atomic mass is 32.2. The lowest BCUT2D eigenvalue weighted by atomic mass is 9.86. The maximum absolute atomic E-state index is 12.5. The standard InChI is InChI=1S/C19H25N3O4S/c1-13(2)27(24,25)22-17-9-3-14(4-10-17)18(23)21-16-7-5-15(6-8-16)19-20-11-12-26-19/h5-8,11-14,17,22H,3-4,9-10H2,1-2H3,(H,21,23)/t14-,17-. The van der Waals surface area contributed by atoms with E-state index in [-0.39, 0.29) is 17.9 Å². The summed E-state index contributed by atoms with van der Waals surface area (Å²) in [5.74, 6) is 0.412. The molecule has 0 aliphatic heterocycles. The molecule has 2 N–H and O–H groups in total. The summed E-state index contributed by atoms with van der Waals surface area (Å²) in [5, 5.41) is 2.49. The van der Waals surface area contributed by atoms with Crippen LogP contribution in [-0.2, 0) is 14.8 Å². The fourth-order valence-corrected chi connectivity index (χ4v) is 4.12. The monoisotopic (exact) mass is 391 g/mol. The SMILES string of the molecule is CC(C)S(=O)(=O)N[C@H]1CC[C@H](C(=O)Nc2ccc(-c3ncco3)cc2)CC1. The predicted molar refractivity (Wildman–Crippen MR) is 104 cm³/mol. The molecule has 1 aromatic carbocycles. The van der Waals surface area contributed by atoms with E-state index in [0.29, 0.717) is 31.6 Å². The van der Waals surface area contributed by atoms with Gasteiger partial charge in [0.1, 0.15) is 6.26 Å². The minimum absolute atomic E-state index is 0.0240. The summed E-state index contributed by atoms with van der Waals surface area (Å²) < 4.78 is 31.9. The lowest BCUT2D eigenvalue weighted by Crippen LogP contribution is -2.42. The molecule has 0 spiro atoms. The van der Waals surface area contributed by atoms with Crippen LogP contribution in [0.1, 0.15) is 39.5 Å². The van der Waals surface area contributed by atoms with Gasteiger partial charge in [-0.25, -0.2) is 18.1 Å². The van der Waals surface area contributed by atoms with Crippen LogP contribution in [0, 0.1) is 5.92 Å². The molecule has 0 saturated heterocycles. The molecule has 1 saturated carbocycles. The van der Waals surface area contributed by atoms with Gasteiger partial charge in [-0.3, -0.25) is 4.79 Å². The molecule has 1 aliphatic carbocycles. The van der Waals surface area contributed by atoms with E-state index in [1.807, 2.05) is 24.3 Å². The summed E-state index contributed by atoms with van der Waals surface area (Å²) in [6, 6.07) is 7.25. The highest BCUT2D eigenvalue weighted by Crippen LogP contribution is 2.27. The molecule has 1 heterocycles. The second-order valence-electron chi connectivity index (χ2n) is 7.16. The fourth-order valence-electron chi connectivity index (χ4n) is 3.15. The first-order valence-electron chi connectivity index (χ1n) is 9.17. The van der Waals surface area contributed by atoms with Gasteiger partial charge in [-0.1, -0.05) is 0 Å². The summed E-state index contributed by atoms with van der Waals surface area (Å²) >= 11 is 0. The third-order valence-electron chi connectivity index (χ3n) is 4.88. The fraction of sp³-hybridized carbons (Fsp3) is 0.474. The van der Waals surface area contributed by atoms with Crippen LogP contribution >= 0.6 is 0 Å². The molecule has 0 bridgehead atoms. The Morgan fingerprint density at radius 3 is 2.37 bits per heavy atom. The molecule has 3 rings (SSSR count). The summed E-state index contributed by atoms with van der Waals surface area (Å²) in [7, 11) is -3.27. The number of benzene rings is 1. The first-order valence-corrected chi connectivity index (χ1v) is 10.7. The molecular formula is C19H25N3O4S. The molecule has 8 heteroatoms. The Morgan fingerprint density at radius 2 is 1.81 bits per heavy atom. The van der Waals surface area contributed by atoms with Crippen molar-refractivity contribution in [1.82, 2.24) is 9.71 Å². The maximum Gasteiger partial charge on any atom is 0.227 e. The average molecular weight is 391 g/mol. The molecule has 1 aromatic heterocycles. The van der Waals surface area contributed by atoms with E-state index in [9.17, 15) is 13.2 Å². The van der Waals surface area contributed by atoms with Crippen LogP contribution in [0.3, 0.4) is 0 Å². The summed E-state index contributed by atoms with van der Waals surface area (Å²) in [4.78, 5) is 16.6. The third kappa shape index (κ3) is 4.95. The lowest BCUT2D eigenvalue weighted by Gasteiger charge is -2.28. The molecule has 1 fully saturated rings. The number of hydrogen-bond donors (Lipinski definition) is 2. The van der Waals surface area contributed by atoms with Crippen molar-refractivity contribution in [3.05, 3.63) is 36.7 Å². The van der Waals surface area contributed by atoms with Crippen LogP contribution in [0.2, 0.25) is 0 Å².